The first kappa shape index (κ1) is 31.1. The summed E-state index contributed by atoms with van der Waals surface area (Å²) in [6.45, 7) is 3.76. The molecule has 2 amide bonds. The Morgan fingerprint density at radius 1 is 1.00 bits per heavy atom. The number of hydrogen-bond donors (Lipinski definition) is 4. The Morgan fingerprint density at radius 2 is 1.70 bits per heavy atom. The highest BCUT2D eigenvalue weighted by Gasteiger charge is 2.56. The van der Waals surface area contributed by atoms with Crippen LogP contribution in [-0.4, -0.2) is 80.5 Å². The van der Waals surface area contributed by atoms with Crippen molar-refractivity contribution >= 4 is 17.9 Å². The van der Waals surface area contributed by atoms with Crippen molar-refractivity contribution in [1.29, 1.82) is 0 Å². The zero-order chi connectivity index (χ0) is 30.5. The van der Waals surface area contributed by atoms with Crippen LogP contribution in [0, 0.1) is 17.8 Å². The van der Waals surface area contributed by atoms with E-state index in [1.54, 1.807) is 12.1 Å². The van der Waals surface area contributed by atoms with Crippen molar-refractivity contribution in [2.75, 3.05) is 26.3 Å². The van der Waals surface area contributed by atoms with E-state index in [0.29, 0.717) is 36.8 Å². The summed E-state index contributed by atoms with van der Waals surface area (Å²) >= 11 is 0. The molecule has 0 bridgehead atoms. The predicted molar refractivity (Wildman–Crippen MR) is 164 cm³/mol. The van der Waals surface area contributed by atoms with Crippen LogP contribution in [0.15, 0.2) is 71.3 Å². The summed E-state index contributed by atoms with van der Waals surface area (Å²) in [7, 11) is 0. The summed E-state index contributed by atoms with van der Waals surface area (Å²) in [5.74, 6) is -2.31. The predicted octanol–water partition coefficient (Wildman–Crippen LogP) is 3.89. The van der Waals surface area contributed by atoms with Crippen LogP contribution in [0.4, 0.5) is 0 Å². The third-order valence-electron chi connectivity index (χ3n) is 9.59. The summed E-state index contributed by atoms with van der Waals surface area (Å²) in [4.78, 5) is 31.4. The molecule has 4 N–H and O–H groups in total. The fourth-order valence-electron chi connectivity index (χ4n) is 7.30. The van der Waals surface area contributed by atoms with Crippen LogP contribution < -0.4 is 0 Å². The molecule has 0 radical (unpaired) electrons. The van der Waals surface area contributed by atoms with Crippen LogP contribution in [0.2, 0.25) is 0 Å². The smallest absolute Gasteiger partial charge is 0.234 e. The minimum atomic E-state index is -0.951. The molecule has 0 aromatic heterocycles. The number of allylic oxidation sites excluding steroid dienone is 1. The Morgan fingerprint density at radius 3 is 2.33 bits per heavy atom. The van der Waals surface area contributed by atoms with Gasteiger partial charge in [0.1, 0.15) is 5.75 Å². The number of hydrogen-bond acceptors (Lipinski definition) is 7. The molecule has 8 heteroatoms. The number of aliphatic hydroxyl groups excluding tert-OH is 3. The van der Waals surface area contributed by atoms with Crippen LogP contribution >= 0.6 is 0 Å². The van der Waals surface area contributed by atoms with Crippen LogP contribution in [0.25, 0.3) is 6.08 Å². The van der Waals surface area contributed by atoms with E-state index >= 15 is 0 Å². The van der Waals surface area contributed by atoms with Crippen molar-refractivity contribution in [3.05, 3.63) is 82.4 Å². The topological polar surface area (TPSA) is 122 Å². The molecular formula is C35H44N2O6. The highest BCUT2D eigenvalue weighted by atomic mass is 16.3. The maximum atomic E-state index is 13.9. The Kier molecular flexibility index (Phi) is 10.1. The van der Waals surface area contributed by atoms with Crippen LogP contribution in [0.3, 0.4) is 0 Å². The maximum absolute atomic E-state index is 13.9. The van der Waals surface area contributed by atoms with E-state index in [2.05, 4.69) is 17.0 Å². The van der Waals surface area contributed by atoms with Gasteiger partial charge in [-0.3, -0.25) is 19.4 Å². The highest BCUT2D eigenvalue weighted by Crippen LogP contribution is 2.47. The number of imide groups is 1. The summed E-state index contributed by atoms with van der Waals surface area (Å²) < 4.78 is 0. The van der Waals surface area contributed by atoms with Crippen molar-refractivity contribution in [2.24, 2.45) is 17.8 Å². The Balaban J connectivity index is 1.27. The zero-order valence-corrected chi connectivity index (χ0v) is 24.9. The van der Waals surface area contributed by atoms with Gasteiger partial charge in [-0.2, -0.15) is 0 Å². The van der Waals surface area contributed by atoms with Gasteiger partial charge in [-0.05, 0) is 72.9 Å². The maximum Gasteiger partial charge on any atom is 0.234 e. The molecule has 2 aromatic carbocycles. The molecule has 2 saturated heterocycles. The number of aliphatic hydroxyl groups is 3. The van der Waals surface area contributed by atoms with Crippen molar-refractivity contribution in [1.82, 2.24) is 9.80 Å². The number of amides is 2. The van der Waals surface area contributed by atoms with E-state index in [1.165, 1.54) is 10.5 Å². The quantitative estimate of drug-likeness (QED) is 0.232. The van der Waals surface area contributed by atoms with Gasteiger partial charge in [-0.1, -0.05) is 61.0 Å². The second-order valence-electron chi connectivity index (χ2n) is 12.2. The first-order valence-corrected chi connectivity index (χ1v) is 15.6. The number of rotatable bonds is 11. The van der Waals surface area contributed by atoms with Crippen LogP contribution in [-0.2, 0) is 16.1 Å². The standard InChI is InChI=1S/C35H44N2O6/c1-2-23(18-24-8-11-28(40)12-9-24)10-13-31(41)32-26(21-38)19-29-33(30(32)22-39)35(43)37(34(29)42)27-14-16-36(17-15-27)20-25-6-4-3-5-7-25/h3-9,11-12,18,27,29-31,33,38-41H,2,10,13-17,19-22H2,1H3/b23-18+/t29-,30+,31-,33-/m1/s1. The molecule has 0 unspecified atom stereocenters. The Hall–Kier alpha value is -3.30. The molecule has 2 heterocycles. The van der Waals surface area contributed by atoms with Crippen LogP contribution in [0.5, 0.6) is 5.75 Å². The van der Waals surface area contributed by atoms with Gasteiger partial charge >= 0.3 is 0 Å². The lowest BCUT2D eigenvalue weighted by Crippen LogP contribution is -2.47. The normalized spacial score (nSPS) is 24.5. The van der Waals surface area contributed by atoms with Gasteiger partial charge in [0, 0.05) is 31.6 Å². The van der Waals surface area contributed by atoms with Gasteiger partial charge in [-0.15, -0.1) is 0 Å². The lowest BCUT2D eigenvalue weighted by Gasteiger charge is -2.36. The van der Waals surface area contributed by atoms with E-state index in [4.69, 9.17) is 0 Å². The molecule has 2 aromatic rings. The number of likely N-dealkylation sites (tertiary alicyclic amines) is 2. The fourth-order valence-corrected chi connectivity index (χ4v) is 7.30. The summed E-state index contributed by atoms with van der Waals surface area (Å²) in [5.41, 5.74) is 4.39. The van der Waals surface area contributed by atoms with E-state index < -0.39 is 23.9 Å². The SMILES string of the molecule is CC/C(=C\c1ccc(O)cc1)CC[C@@H](O)C1=C(CO)C[C@H]2C(=O)N(C3CCN(Cc4ccccc4)CC3)C(=O)[C@H]2[C@H]1CO. The van der Waals surface area contributed by atoms with E-state index in [-0.39, 0.29) is 43.2 Å². The van der Waals surface area contributed by atoms with E-state index in [1.807, 2.05) is 43.3 Å². The van der Waals surface area contributed by atoms with E-state index in [0.717, 1.165) is 37.2 Å². The summed E-state index contributed by atoms with van der Waals surface area (Å²) in [5, 5.41) is 41.8. The average molecular weight is 589 g/mol. The van der Waals surface area contributed by atoms with Crippen molar-refractivity contribution in [3.63, 3.8) is 0 Å². The monoisotopic (exact) mass is 588 g/mol. The number of aromatic hydroxyl groups is 1. The van der Waals surface area contributed by atoms with Gasteiger partial charge in [0.05, 0.1) is 31.2 Å². The molecule has 8 nitrogen and oxygen atoms in total. The Labute approximate surface area is 254 Å². The number of phenols is 1. The number of fused-ring (bicyclic) bond motifs is 1. The molecule has 4 atom stereocenters. The lowest BCUT2D eigenvalue weighted by molar-refractivity contribution is -0.144. The van der Waals surface area contributed by atoms with Gasteiger partial charge < -0.3 is 20.4 Å². The largest absolute Gasteiger partial charge is 0.508 e. The molecule has 43 heavy (non-hydrogen) atoms. The van der Waals surface area contributed by atoms with Crippen molar-refractivity contribution < 1.29 is 30.0 Å². The number of benzene rings is 2. The average Bonchev–Trinajstić information content (AvgIpc) is 3.28. The molecular weight excluding hydrogens is 544 g/mol. The molecule has 2 aliphatic heterocycles. The Bertz CT molecular complexity index is 1330. The number of phenolic OH excluding ortho intramolecular Hbond substituents is 1. The third kappa shape index (κ3) is 6.78. The number of nitrogens with zero attached hydrogens (tertiary/aromatic N) is 2. The fraction of sp³-hybridized carbons (Fsp3) is 0.486. The van der Waals surface area contributed by atoms with Crippen LogP contribution in [0.1, 0.15) is 56.6 Å². The molecule has 1 aliphatic carbocycles. The minimum Gasteiger partial charge on any atom is -0.508 e. The number of carbonyl (C=O) groups is 2. The number of carbonyl (C=O) groups excluding carboxylic acids is 2. The summed E-state index contributed by atoms with van der Waals surface area (Å²) in [6, 6.07) is 17.0. The van der Waals surface area contributed by atoms with Crippen molar-refractivity contribution in [3.8, 4) is 5.75 Å². The molecule has 3 aliphatic rings. The van der Waals surface area contributed by atoms with Gasteiger partial charge in [0.2, 0.25) is 11.8 Å². The molecule has 0 spiro atoms. The van der Waals surface area contributed by atoms with Gasteiger partial charge in [0.25, 0.3) is 0 Å². The van der Waals surface area contributed by atoms with Gasteiger partial charge in [0.15, 0.2) is 0 Å². The summed E-state index contributed by atoms with van der Waals surface area (Å²) in [6.07, 6.45) is 4.46. The number of piperidine rings is 1. The second kappa shape index (κ2) is 14.0. The highest BCUT2D eigenvalue weighted by molar-refractivity contribution is 6.06. The molecule has 230 valence electrons. The van der Waals surface area contributed by atoms with E-state index in [9.17, 15) is 30.0 Å². The minimum absolute atomic E-state index is 0.180. The lowest BCUT2D eigenvalue weighted by atomic mass is 9.68. The van der Waals surface area contributed by atoms with Gasteiger partial charge in [-0.25, -0.2) is 0 Å². The third-order valence-corrected chi connectivity index (χ3v) is 9.59. The zero-order valence-electron chi connectivity index (χ0n) is 24.9. The molecule has 2 fully saturated rings. The molecule has 0 saturated carbocycles. The second-order valence-corrected chi connectivity index (χ2v) is 12.2. The first-order valence-electron chi connectivity index (χ1n) is 15.6. The van der Waals surface area contributed by atoms with Crippen molar-refractivity contribution in [2.45, 2.75) is 64.1 Å². The first-order chi connectivity index (χ1) is 20.8. The molecule has 5 rings (SSSR count).